The Morgan fingerprint density at radius 3 is 1.82 bits per heavy atom. The molecule has 2 unspecified atom stereocenters. The first-order valence-electron chi connectivity index (χ1n) is 26.7. The van der Waals surface area contributed by atoms with Crippen molar-refractivity contribution in [2.24, 2.45) is 0 Å². The van der Waals surface area contributed by atoms with E-state index < -0.39 is 0 Å². The topological polar surface area (TPSA) is 26.2 Å². The summed E-state index contributed by atoms with van der Waals surface area (Å²) in [6, 6.07) is 43.5. The maximum absolute atomic E-state index is 7.13. The zero-order chi connectivity index (χ0) is 49.4. The molecule has 0 spiro atoms. The molecule has 3 aliphatic heterocycles. The van der Waals surface area contributed by atoms with Crippen molar-refractivity contribution in [3.8, 4) is 22.5 Å². The van der Waals surface area contributed by atoms with Crippen LogP contribution in [-0.2, 0) is 27.1 Å². The number of para-hydroxylation sites is 1. The minimum Gasteiger partial charge on any atom is -0.456 e. The van der Waals surface area contributed by atoms with E-state index in [0.29, 0.717) is 0 Å². The Morgan fingerprint density at radius 1 is 0.507 bits per heavy atom. The quantitative estimate of drug-likeness (QED) is 0.153. The second-order valence-corrected chi connectivity index (χ2v) is 27.0. The van der Waals surface area contributed by atoms with E-state index in [1.54, 1.807) is 0 Å². The molecule has 0 amide bonds. The standard InChI is InChI=1S/C66H68BN3O/c1-61(2,3)37-21-24-41(25-22-37)68-51-26-23-38(62(4,5)6)29-43(51)44-35-53-45(36-52(44)68)47-31-39(63(7,8)9)32-50-58(47)69(53)54-33-40(64(10,11)12)30-46-48-34-49-42-19-15-16-20-55(42)71-60(49)56-59(48)70(67(50)57(46)54)66(14)28-18-17-27-65(56,66)13/h15-16,19-26,29-36H,17-18,27-28H2,1-14H3. The molecule has 10 aromatic rings. The molecular weight excluding hydrogens is 862 g/mol. The SMILES string of the molecule is CC(C)(C)c1ccc(-n2c3ccc(C(C)(C)C)cc3c3cc4c(cc32)c2cc(C(C)(C)C)cc3c2n4-c2cc(C(C)(C)C)cc4c2B3N2c3c-4cc4c(oc5ccccc54)c3C3(C)CCCCC23C)cc1. The smallest absolute Gasteiger partial charge is 0.328 e. The normalized spacial score (nSPS) is 19.8. The Labute approximate surface area is 420 Å². The Hall–Kier alpha value is -6.20. The average molecular weight is 930 g/mol. The number of rotatable bonds is 1. The van der Waals surface area contributed by atoms with Crippen LogP contribution in [0.25, 0.3) is 88.1 Å². The Morgan fingerprint density at radius 2 is 1.11 bits per heavy atom. The van der Waals surface area contributed by atoms with E-state index in [4.69, 9.17) is 4.42 Å². The van der Waals surface area contributed by atoms with Gasteiger partial charge in [0.2, 0.25) is 0 Å². The number of hydrogen-bond donors (Lipinski definition) is 0. The van der Waals surface area contributed by atoms with Gasteiger partial charge in [-0.3, -0.25) is 0 Å². The van der Waals surface area contributed by atoms with Crippen molar-refractivity contribution in [2.45, 2.75) is 155 Å². The molecule has 4 nitrogen and oxygen atoms in total. The lowest BCUT2D eigenvalue weighted by Gasteiger charge is -2.54. The molecule has 0 saturated heterocycles. The second kappa shape index (κ2) is 13.4. The van der Waals surface area contributed by atoms with Crippen molar-refractivity contribution in [3.05, 3.63) is 137 Å². The van der Waals surface area contributed by atoms with Crippen LogP contribution < -0.4 is 15.7 Å². The van der Waals surface area contributed by atoms with E-state index >= 15 is 0 Å². The highest BCUT2D eigenvalue weighted by molar-refractivity contribution is 6.93. The summed E-state index contributed by atoms with van der Waals surface area (Å²) in [4.78, 5) is 2.99. The van der Waals surface area contributed by atoms with Crippen molar-refractivity contribution < 1.29 is 4.42 Å². The maximum atomic E-state index is 7.13. The lowest BCUT2D eigenvalue weighted by atomic mass is 9.42. The van der Waals surface area contributed by atoms with Crippen molar-refractivity contribution in [2.75, 3.05) is 4.81 Å². The zero-order valence-electron chi connectivity index (χ0n) is 44.5. The number of benzene rings is 7. The minimum absolute atomic E-state index is 0.00162. The molecule has 71 heavy (non-hydrogen) atoms. The molecule has 6 heterocycles. The van der Waals surface area contributed by atoms with Crippen molar-refractivity contribution in [3.63, 3.8) is 0 Å². The van der Waals surface area contributed by atoms with E-state index in [9.17, 15) is 0 Å². The van der Waals surface area contributed by atoms with Crippen LogP contribution in [0, 0.1) is 0 Å². The van der Waals surface area contributed by atoms with E-state index in [1.165, 1.54) is 134 Å². The van der Waals surface area contributed by atoms with Gasteiger partial charge >= 0.3 is 6.85 Å². The lowest BCUT2D eigenvalue weighted by Crippen LogP contribution is -2.70. The Kier molecular flexibility index (Phi) is 8.25. The van der Waals surface area contributed by atoms with Gasteiger partial charge < -0.3 is 18.4 Å². The molecule has 1 aliphatic carbocycles. The summed E-state index contributed by atoms with van der Waals surface area (Å²) in [5.41, 5.74) is 23.3. The highest BCUT2D eigenvalue weighted by Gasteiger charge is 2.64. The molecule has 0 bridgehead atoms. The predicted molar refractivity (Wildman–Crippen MR) is 304 cm³/mol. The maximum Gasteiger partial charge on any atom is 0.328 e. The van der Waals surface area contributed by atoms with Gasteiger partial charge in [-0.05, 0) is 141 Å². The van der Waals surface area contributed by atoms with Gasteiger partial charge in [-0.2, -0.15) is 0 Å². The third-order valence-corrected chi connectivity index (χ3v) is 18.6. The summed E-state index contributed by atoms with van der Waals surface area (Å²) in [7, 11) is 0. The molecule has 4 aliphatic rings. The molecule has 1 fully saturated rings. The molecule has 5 heteroatoms. The van der Waals surface area contributed by atoms with Crippen LogP contribution in [0.5, 0.6) is 0 Å². The number of fused-ring (bicyclic) bond motifs is 17. The fraction of sp³-hybridized carbons (Fsp3) is 0.364. The van der Waals surface area contributed by atoms with Crippen LogP contribution in [0.4, 0.5) is 5.69 Å². The van der Waals surface area contributed by atoms with Crippen LogP contribution in [0.2, 0.25) is 0 Å². The van der Waals surface area contributed by atoms with Gasteiger partial charge in [0.25, 0.3) is 0 Å². The van der Waals surface area contributed by atoms with E-state index in [2.05, 4.69) is 220 Å². The second-order valence-electron chi connectivity index (χ2n) is 27.0. The molecule has 3 aromatic heterocycles. The first-order valence-corrected chi connectivity index (χ1v) is 26.7. The van der Waals surface area contributed by atoms with Crippen LogP contribution in [-0.4, -0.2) is 21.5 Å². The van der Waals surface area contributed by atoms with Gasteiger partial charge in [0.05, 0.1) is 22.1 Å². The van der Waals surface area contributed by atoms with E-state index in [-0.39, 0.29) is 39.5 Å². The molecule has 356 valence electrons. The Balaban J connectivity index is 1.17. The highest BCUT2D eigenvalue weighted by Crippen LogP contribution is 2.65. The summed E-state index contributed by atoms with van der Waals surface area (Å²) < 4.78 is 12.4. The molecule has 7 aromatic carbocycles. The summed E-state index contributed by atoms with van der Waals surface area (Å²) in [6.45, 7) is 33.6. The first-order chi connectivity index (χ1) is 33.5. The van der Waals surface area contributed by atoms with Crippen LogP contribution in [0.3, 0.4) is 0 Å². The van der Waals surface area contributed by atoms with Gasteiger partial charge in [-0.25, -0.2) is 0 Å². The summed E-state index contributed by atoms with van der Waals surface area (Å²) in [5, 5.41) is 7.74. The van der Waals surface area contributed by atoms with E-state index in [0.717, 1.165) is 24.0 Å². The van der Waals surface area contributed by atoms with Gasteiger partial charge in [0.1, 0.15) is 11.2 Å². The molecule has 2 atom stereocenters. The Bertz CT molecular complexity index is 4020. The van der Waals surface area contributed by atoms with Crippen LogP contribution >= 0.6 is 0 Å². The molecule has 1 saturated carbocycles. The van der Waals surface area contributed by atoms with E-state index in [1.807, 2.05) is 0 Å². The van der Waals surface area contributed by atoms with Crippen LogP contribution in [0.1, 0.15) is 150 Å². The minimum atomic E-state index is -0.144. The summed E-state index contributed by atoms with van der Waals surface area (Å²) in [6.07, 6.45) is 4.73. The number of hydrogen-bond acceptors (Lipinski definition) is 2. The van der Waals surface area contributed by atoms with Gasteiger partial charge in [-0.15, -0.1) is 0 Å². The molecule has 0 N–H and O–H groups in total. The third-order valence-electron chi connectivity index (χ3n) is 18.6. The number of anilines is 1. The highest BCUT2D eigenvalue weighted by atomic mass is 16.3. The monoisotopic (exact) mass is 930 g/mol. The number of furan rings is 1. The van der Waals surface area contributed by atoms with Crippen molar-refractivity contribution in [1.29, 1.82) is 0 Å². The third kappa shape index (κ3) is 5.54. The molecular formula is C66H68BN3O. The van der Waals surface area contributed by atoms with Crippen molar-refractivity contribution in [1.82, 2.24) is 9.13 Å². The van der Waals surface area contributed by atoms with Crippen molar-refractivity contribution >= 4 is 89.0 Å². The first kappa shape index (κ1) is 43.6. The largest absolute Gasteiger partial charge is 0.456 e. The lowest BCUT2D eigenvalue weighted by molar-refractivity contribution is 0.199. The summed E-state index contributed by atoms with van der Waals surface area (Å²) >= 11 is 0. The summed E-state index contributed by atoms with van der Waals surface area (Å²) in [5.74, 6) is 0. The molecule has 14 rings (SSSR count). The van der Waals surface area contributed by atoms with Gasteiger partial charge in [-0.1, -0.05) is 151 Å². The number of aromatic nitrogens is 2. The molecule has 0 radical (unpaired) electrons. The van der Waals surface area contributed by atoms with Crippen LogP contribution in [0.15, 0.2) is 114 Å². The van der Waals surface area contributed by atoms with Gasteiger partial charge in [0.15, 0.2) is 0 Å². The van der Waals surface area contributed by atoms with Gasteiger partial charge in [0, 0.05) is 71.5 Å². The zero-order valence-corrected chi connectivity index (χ0v) is 44.5. The average Bonchev–Trinajstić information content (AvgIpc) is 4.01. The fourth-order valence-corrected chi connectivity index (χ4v) is 14.4. The number of nitrogens with zero attached hydrogens (tertiary/aromatic N) is 3. The fourth-order valence-electron chi connectivity index (χ4n) is 14.4. The predicted octanol–water partition coefficient (Wildman–Crippen LogP) is 16.5.